The topological polar surface area (TPSA) is 55.4 Å². The monoisotopic (exact) mass is 231 g/mol. The van der Waals surface area contributed by atoms with Crippen LogP contribution in [0.15, 0.2) is 36.5 Å². The van der Waals surface area contributed by atoms with E-state index in [2.05, 4.69) is 16.1 Å². The molecule has 0 atom stereocenters. The average molecular weight is 231 g/mol. The van der Waals surface area contributed by atoms with E-state index in [0.717, 1.165) is 11.8 Å². The first kappa shape index (κ1) is 14.1. The van der Waals surface area contributed by atoms with Crippen LogP contribution < -0.4 is 5.32 Å². The van der Waals surface area contributed by atoms with Gasteiger partial charge in [0.2, 0.25) is 0 Å². The Hall–Kier alpha value is -0.910. The number of likely N-dealkylation sites (N-methyl/N-ethyl adjacent to an activating group) is 1. The minimum Gasteiger partial charge on any atom is -0.316 e. The van der Waals surface area contributed by atoms with Gasteiger partial charge in [-0.3, -0.25) is 4.18 Å². The SMILES string of the molecule is C=C/C=C\C(=C/CNC)COS(C)(=O)=O. The van der Waals surface area contributed by atoms with Gasteiger partial charge in [-0.05, 0) is 12.6 Å². The van der Waals surface area contributed by atoms with Crippen molar-refractivity contribution >= 4 is 10.1 Å². The molecule has 0 saturated heterocycles. The van der Waals surface area contributed by atoms with Crippen molar-refractivity contribution in [1.82, 2.24) is 5.32 Å². The molecule has 0 fully saturated rings. The lowest BCUT2D eigenvalue weighted by Gasteiger charge is -2.02. The predicted molar refractivity (Wildman–Crippen MR) is 62.1 cm³/mol. The molecular formula is C10H17NO3S. The summed E-state index contributed by atoms with van der Waals surface area (Å²) >= 11 is 0. The lowest BCUT2D eigenvalue weighted by atomic mass is 10.2. The van der Waals surface area contributed by atoms with Crippen molar-refractivity contribution in [3.8, 4) is 0 Å². The molecule has 15 heavy (non-hydrogen) atoms. The summed E-state index contributed by atoms with van der Waals surface area (Å²) in [5, 5.41) is 2.93. The second-order valence-electron chi connectivity index (χ2n) is 2.90. The minimum atomic E-state index is -3.39. The fraction of sp³-hybridized carbons (Fsp3) is 0.400. The third-order valence-electron chi connectivity index (χ3n) is 1.45. The zero-order valence-corrected chi connectivity index (χ0v) is 9.88. The summed E-state index contributed by atoms with van der Waals surface area (Å²) in [6.45, 7) is 4.24. The van der Waals surface area contributed by atoms with Crippen molar-refractivity contribution in [3.63, 3.8) is 0 Å². The molecule has 0 aliphatic heterocycles. The van der Waals surface area contributed by atoms with Crippen molar-refractivity contribution in [1.29, 1.82) is 0 Å². The summed E-state index contributed by atoms with van der Waals surface area (Å²) in [7, 11) is -1.58. The molecular weight excluding hydrogens is 214 g/mol. The van der Waals surface area contributed by atoms with Crippen LogP contribution in [-0.4, -0.2) is 34.9 Å². The van der Waals surface area contributed by atoms with Gasteiger partial charge in [0.05, 0.1) is 12.9 Å². The number of hydrogen-bond acceptors (Lipinski definition) is 4. The Bertz CT molecular complexity index is 342. The lowest BCUT2D eigenvalue weighted by Crippen LogP contribution is -2.09. The molecule has 0 radical (unpaired) electrons. The summed E-state index contributed by atoms with van der Waals surface area (Å²) in [6.07, 6.45) is 7.99. The first-order chi connectivity index (χ1) is 6.99. The van der Waals surface area contributed by atoms with E-state index in [1.54, 1.807) is 18.2 Å². The normalized spacial score (nSPS) is 13.3. The van der Waals surface area contributed by atoms with Gasteiger partial charge in [-0.25, -0.2) is 0 Å². The molecule has 1 N–H and O–H groups in total. The summed E-state index contributed by atoms with van der Waals surface area (Å²) in [4.78, 5) is 0. The molecule has 0 saturated carbocycles. The van der Waals surface area contributed by atoms with Gasteiger partial charge in [0, 0.05) is 6.54 Å². The zero-order valence-electron chi connectivity index (χ0n) is 9.06. The van der Waals surface area contributed by atoms with Crippen LogP contribution in [0.25, 0.3) is 0 Å². The predicted octanol–water partition coefficient (Wildman–Crippen LogP) is 0.851. The summed E-state index contributed by atoms with van der Waals surface area (Å²) in [5.41, 5.74) is 0.787. The highest BCUT2D eigenvalue weighted by Gasteiger charge is 2.02. The van der Waals surface area contributed by atoms with E-state index >= 15 is 0 Å². The molecule has 0 rings (SSSR count). The highest BCUT2D eigenvalue weighted by atomic mass is 32.2. The fourth-order valence-electron chi connectivity index (χ4n) is 0.775. The maximum absolute atomic E-state index is 10.8. The van der Waals surface area contributed by atoms with Crippen molar-refractivity contribution in [3.05, 3.63) is 36.5 Å². The standard InChI is InChI=1S/C10H17NO3S/c1-4-5-6-10(7-8-11-2)9-14-15(3,12)13/h4-7,11H,1,8-9H2,2-3H3/b6-5-,10-7+. The summed E-state index contributed by atoms with van der Waals surface area (Å²) in [5.74, 6) is 0. The van der Waals surface area contributed by atoms with Crippen LogP contribution in [0.4, 0.5) is 0 Å². The Morgan fingerprint density at radius 1 is 1.53 bits per heavy atom. The van der Waals surface area contributed by atoms with Crippen LogP contribution in [0, 0.1) is 0 Å². The molecule has 0 aromatic carbocycles. The van der Waals surface area contributed by atoms with E-state index in [4.69, 9.17) is 0 Å². The van der Waals surface area contributed by atoms with E-state index < -0.39 is 10.1 Å². The Kier molecular flexibility index (Phi) is 6.94. The molecule has 0 unspecified atom stereocenters. The number of allylic oxidation sites excluding steroid dienone is 2. The Morgan fingerprint density at radius 3 is 2.67 bits per heavy atom. The third kappa shape index (κ3) is 9.40. The van der Waals surface area contributed by atoms with Gasteiger partial charge >= 0.3 is 0 Å². The van der Waals surface area contributed by atoms with Gasteiger partial charge in [0.1, 0.15) is 0 Å². The summed E-state index contributed by atoms with van der Waals surface area (Å²) in [6, 6.07) is 0. The van der Waals surface area contributed by atoms with Gasteiger partial charge in [-0.2, -0.15) is 8.42 Å². The molecule has 0 aliphatic carbocycles. The maximum Gasteiger partial charge on any atom is 0.264 e. The molecule has 0 amide bonds. The van der Waals surface area contributed by atoms with Crippen LogP contribution in [0.5, 0.6) is 0 Å². The molecule has 5 heteroatoms. The van der Waals surface area contributed by atoms with Crippen molar-refractivity contribution in [2.24, 2.45) is 0 Å². The van der Waals surface area contributed by atoms with Crippen LogP contribution in [0.3, 0.4) is 0 Å². The second kappa shape index (κ2) is 7.39. The Balaban J connectivity index is 4.38. The van der Waals surface area contributed by atoms with Crippen LogP contribution in [0.2, 0.25) is 0 Å². The first-order valence-corrected chi connectivity index (χ1v) is 6.28. The number of nitrogens with one attached hydrogen (secondary N) is 1. The van der Waals surface area contributed by atoms with E-state index in [0.29, 0.717) is 6.54 Å². The number of hydrogen-bond donors (Lipinski definition) is 1. The smallest absolute Gasteiger partial charge is 0.264 e. The van der Waals surface area contributed by atoms with Crippen molar-refractivity contribution in [2.75, 3.05) is 26.5 Å². The van der Waals surface area contributed by atoms with Gasteiger partial charge in [0.15, 0.2) is 0 Å². The van der Waals surface area contributed by atoms with Crippen LogP contribution in [0.1, 0.15) is 0 Å². The zero-order chi connectivity index (χ0) is 11.7. The largest absolute Gasteiger partial charge is 0.316 e. The quantitative estimate of drug-likeness (QED) is 0.521. The van der Waals surface area contributed by atoms with Crippen LogP contribution >= 0.6 is 0 Å². The highest BCUT2D eigenvalue weighted by molar-refractivity contribution is 7.85. The fourth-order valence-corrected chi connectivity index (χ4v) is 1.13. The van der Waals surface area contributed by atoms with Gasteiger partial charge in [0.25, 0.3) is 10.1 Å². The van der Waals surface area contributed by atoms with Gasteiger partial charge in [-0.1, -0.05) is 30.9 Å². The van der Waals surface area contributed by atoms with Gasteiger partial charge in [-0.15, -0.1) is 0 Å². The molecule has 86 valence electrons. The van der Waals surface area contributed by atoms with Crippen molar-refractivity contribution < 1.29 is 12.6 Å². The lowest BCUT2D eigenvalue weighted by molar-refractivity contribution is 0.355. The number of rotatable bonds is 7. The van der Waals surface area contributed by atoms with E-state index in [9.17, 15) is 8.42 Å². The second-order valence-corrected chi connectivity index (χ2v) is 4.54. The molecule has 0 aromatic heterocycles. The molecule has 0 spiro atoms. The van der Waals surface area contributed by atoms with E-state index in [-0.39, 0.29) is 6.61 Å². The summed E-state index contributed by atoms with van der Waals surface area (Å²) < 4.78 is 26.2. The van der Waals surface area contributed by atoms with Crippen molar-refractivity contribution in [2.45, 2.75) is 0 Å². The van der Waals surface area contributed by atoms with E-state index in [1.165, 1.54) is 0 Å². The maximum atomic E-state index is 10.8. The molecule has 0 aliphatic rings. The molecule has 0 heterocycles. The molecule has 0 aromatic rings. The molecule has 0 bridgehead atoms. The van der Waals surface area contributed by atoms with Crippen LogP contribution in [-0.2, 0) is 14.3 Å². The first-order valence-electron chi connectivity index (χ1n) is 4.46. The van der Waals surface area contributed by atoms with E-state index in [1.807, 2.05) is 13.1 Å². The minimum absolute atomic E-state index is 0.0465. The average Bonchev–Trinajstić information content (AvgIpc) is 2.15. The third-order valence-corrected chi connectivity index (χ3v) is 2.00. The Labute approximate surface area is 91.5 Å². The highest BCUT2D eigenvalue weighted by Crippen LogP contribution is 2.00. The Morgan fingerprint density at radius 2 is 2.20 bits per heavy atom. The van der Waals surface area contributed by atoms with Gasteiger partial charge < -0.3 is 5.32 Å². The molecule has 4 nitrogen and oxygen atoms in total.